The van der Waals surface area contributed by atoms with E-state index in [0.29, 0.717) is 35.6 Å². The molecule has 0 radical (unpaired) electrons. The van der Waals surface area contributed by atoms with E-state index in [2.05, 4.69) is 10.6 Å². The van der Waals surface area contributed by atoms with Gasteiger partial charge in [-0.2, -0.15) is 0 Å². The Morgan fingerprint density at radius 3 is 2.47 bits per heavy atom. The minimum absolute atomic E-state index is 0.0730. The number of fused-ring (bicyclic) bond motifs is 1. The highest BCUT2D eigenvalue weighted by molar-refractivity contribution is 6.12. The molecule has 0 saturated carbocycles. The summed E-state index contributed by atoms with van der Waals surface area (Å²) in [6.07, 6.45) is 1.00. The number of nitrogens with one attached hydrogen (secondary N) is 2. The highest BCUT2D eigenvalue weighted by atomic mass is 16.2. The summed E-state index contributed by atoms with van der Waals surface area (Å²) in [5.74, 6) is -0.465. The molecular formula is C29H30N4O3. The zero-order chi connectivity index (χ0) is 25.1. The monoisotopic (exact) mass is 482 g/mol. The molecule has 184 valence electrons. The number of amides is 3. The number of carbonyl (C=O) groups is 3. The van der Waals surface area contributed by atoms with Crippen LogP contribution in [0, 0.1) is 6.92 Å². The first kappa shape index (κ1) is 23.8. The Balaban J connectivity index is 1.59. The van der Waals surface area contributed by atoms with Crippen LogP contribution in [0.2, 0.25) is 0 Å². The molecule has 0 aromatic heterocycles. The molecule has 36 heavy (non-hydrogen) atoms. The van der Waals surface area contributed by atoms with Crippen LogP contribution in [0.15, 0.2) is 72.8 Å². The fourth-order valence-corrected chi connectivity index (χ4v) is 4.96. The van der Waals surface area contributed by atoms with Gasteiger partial charge in [-0.15, -0.1) is 0 Å². The quantitative estimate of drug-likeness (QED) is 0.587. The van der Waals surface area contributed by atoms with E-state index < -0.39 is 6.04 Å². The molecule has 1 saturated heterocycles. The maximum absolute atomic E-state index is 14.0. The van der Waals surface area contributed by atoms with E-state index in [4.69, 9.17) is 0 Å². The van der Waals surface area contributed by atoms with E-state index in [1.165, 1.54) is 0 Å². The van der Waals surface area contributed by atoms with Gasteiger partial charge in [0, 0.05) is 30.8 Å². The van der Waals surface area contributed by atoms with Gasteiger partial charge in [0.1, 0.15) is 0 Å². The molecule has 5 rings (SSSR count). The van der Waals surface area contributed by atoms with Crippen LogP contribution in [0.4, 0.5) is 11.4 Å². The number of benzene rings is 3. The maximum atomic E-state index is 14.0. The number of hydrogen-bond acceptors (Lipinski definition) is 4. The van der Waals surface area contributed by atoms with Gasteiger partial charge in [-0.1, -0.05) is 48.0 Å². The first-order chi connectivity index (χ1) is 17.5. The first-order valence-electron chi connectivity index (χ1n) is 12.4. The summed E-state index contributed by atoms with van der Waals surface area (Å²) in [7, 11) is 0. The van der Waals surface area contributed by atoms with Crippen LogP contribution < -0.4 is 15.5 Å². The van der Waals surface area contributed by atoms with E-state index in [-0.39, 0.29) is 24.1 Å². The molecule has 7 nitrogen and oxygen atoms in total. The third-order valence-corrected chi connectivity index (χ3v) is 6.76. The first-order valence-corrected chi connectivity index (χ1v) is 12.4. The molecule has 7 heteroatoms. The molecule has 1 atom stereocenters. The van der Waals surface area contributed by atoms with Crippen LogP contribution in [-0.4, -0.2) is 48.8 Å². The number of aryl methyl sites for hydroxylation is 1. The molecule has 0 spiro atoms. The number of carbonyl (C=O) groups excluding carboxylic acids is 3. The Kier molecular flexibility index (Phi) is 6.82. The Labute approximate surface area is 211 Å². The van der Waals surface area contributed by atoms with Gasteiger partial charge in [-0.25, -0.2) is 0 Å². The molecule has 3 aromatic rings. The van der Waals surface area contributed by atoms with Crippen molar-refractivity contribution in [1.82, 2.24) is 10.2 Å². The molecule has 1 unspecified atom stereocenters. The van der Waals surface area contributed by atoms with E-state index >= 15 is 0 Å². The molecule has 3 amide bonds. The van der Waals surface area contributed by atoms with Crippen LogP contribution in [0.3, 0.4) is 0 Å². The number of hydrogen-bond donors (Lipinski definition) is 2. The van der Waals surface area contributed by atoms with Gasteiger partial charge in [-0.3, -0.25) is 19.3 Å². The topological polar surface area (TPSA) is 81.8 Å². The number of nitrogens with zero attached hydrogens (tertiary/aromatic N) is 2. The van der Waals surface area contributed by atoms with E-state index in [0.717, 1.165) is 30.6 Å². The van der Waals surface area contributed by atoms with Crippen molar-refractivity contribution in [3.05, 3.63) is 95.1 Å². The van der Waals surface area contributed by atoms with Gasteiger partial charge in [0.2, 0.25) is 5.91 Å². The predicted octanol–water partition coefficient (Wildman–Crippen LogP) is 4.16. The maximum Gasteiger partial charge on any atom is 0.258 e. The van der Waals surface area contributed by atoms with Crippen molar-refractivity contribution >= 4 is 29.1 Å². The molecule has 0 bridgehead atoms. The Morgan fingerprint density at radius 1 is 0.861 bits per heavy atom. The number of rotatable bonds is 3. The summed E-state index contributed by atoms with van der Waals surface area (Å²) in [5, 5.41) is 6.28. The average molecular weight is 483 g/mol. The largest absolute Gasteiger partial charge is 0.337 e. The van der Waals surface area contributed by atoms with Gasteiger partial charge < -0.3 is 15.5 Å². The van der Waals surface area contributed by atoms with Crippen molar-refractivity contribution in [3.8, 4) is 0 Å². The van der Waals surface area contributed by atoms with Gasteiger partial charge in [-0.05, 0) is 55.8 Å². The van der Waals surface area contributed by atoms with Crippen molar-refractivity contribution in [2.24, 2.45) is 0 Å². The van der Waals surface area contributed by atoms with E-state index in [1.54, 1.807) is 29.2 Å². The molecule has 2 N–H and O–H groups in total. The lowest BCUT2D eigenvalue weighted by molar-refractivity contribution is -0.116. The van der Waals surface area contributed by atoms with Crippen LogP contribution in [0.1, 0.15) is 50.7 Å². The SMILES string of the molecule is Cc1cccc(C(=O)N2c3ccc(C(=O)N4CCCNCC4)cc3NC(=O)CC2c2ccccc2)c1. The lowest BCUT2D eigenvalue weighted by atomic mass is 9.99. The lowest BCUT2D eigenvalue weighted by Crippen LogP contribution is -2.35. The smallest absolute Gasteiger partial charge is 0.258 e. The lowest BCUT2D eigenvalue weighted by Gasteiger charge is -2.31. The molecular weight excluding hydrogens is 452 g/mol. The fourth-order valence-electron chi connectivity index (χ4n) is 4.96. The highest BCUT2D eigenvalue weighted by Gasteiger charge is 2.34. The molecule has 3 aromatic carbocycles. The Bertz CT molecular complexity index is 1280. The van der Waals surface area contributed by atoms with Crippen molar-refractivity contribution in [3.63, 3.8) is 0 Å². The van der Waals surface area contributed by atoms with Crippen molar-refractivity contribution < 1.29 is 14.4 Å². The molecule has 2 heterocycles. The minimum Gasteiger partial charge on any atom is -0.337 e. The van der Waals surface area contributed by atoms with Crippen LogP contribution in [-0.2, 0) is 4.79 Å². The number of anilines is 2. The third-order valence-electron chi connectivity index (χ3n) is 6.76. The Hall–Kier alpha value is -3.97. The second-order valence-corrected chi connectivity index (χ2v) is 9.35. The highest BCUT2D eigenvalue weighted by Crippen LogP contribution is 2.39. The second-order valence-electron chi connectivity index (χ2n) is 9.35. The molecule has 0 aliphatic carbocycles. The predicted molar refractivity (Wildman–Crippen MR) is 140 cm³/mol. The van der Waals surface area contributed by atoms with Gasteiger partial charge in [0.25, 0.3) is 11.8 Å². The van der Waals surface area contributed by atoms with Crippen LogP contribution in [0.5, 0.6) is 0 Å². The van der Waals surface area contributed by atoms with Crippen molar-refractivity contribution in [1.29, 1.82) is 0 Å². The fraction of sp³-hybridized carbons (Fsp3) is 0.276. The third kappa shape index (κ3) is 4.88. The average Bonchev–Trinajstić information content (AvgIpc) is 3.25. The molecule has 1 fully saturated rings. The zero-order valence-corrected chi connectivity index (χ0v) is 20.4. The Morgan fingerprint density at radius 2 is 1.67 bits per heavy atom. The second kappa shape index (κ2) is 10.3. The van der Waals surface area contributed by atoms with Gasteiger partial charge in [0.05, 0.1) is 23.8 Å². The van der Waals surface area contributed by atoms with Crippen LogP contribution >= 0.6 is 0 Å². The summed E-state index contributed by atoms with van der Waals surface area (Å²) >= 11 is 0. The van der Waals surface area contributed by atoms with E-state index in [1.807, 2.05) is 60.4 Å². The van der Waals surface area contributed by atoms with Crippen molar-refractivity contribution in [2.75, 3.05) is 36.4 Å². The van der Waals surface area contributed by atoms with E-state index in [9.17, 15) is 14.4 Å². The molecule has 2 aliphatic heterocycles. The summed E-state index contributed by atoms with van der Waals surface area (Å²) in [5.41, 5.74) is 3.95. The van der Waals surface area contributed by atoms with Gasteiger partial charge in [0.15, 0.2) is 0 Å². The summed E-state index contributed by atoms with van der Waals surface area (Å²) in [6.45, 7) is 4.91. The zero-order valence-electron chi connectivity index (χ0n) is 20.4. The van der Waals surface area contributed by atoms with Crippen molar-refractivity contribution in [2.45, 2.75) is 25.8 Å². The standard InChI is InChI=1S/C29H30N4O3/c1-20-7-5-10-22(17-20)29(36)33-25-12-11-23(28(35)32-15-6-13-30-14-16-32)18-24(25)31-27(34)19-26(33)21-8-3-2-4-9-21/h2-5,7-12,17-18,26,30H,6,13-16,19H2,1H3,(H,31,34). The normalized spacial score (nSPS) is 18.0. The summed E-state index contributed by atoms with van der Waals surface area (Å²) in [4.78, 5) is 43.8. The van der Waals surface area contributed by atoms with Crippen LogP contribution in [0.25, 0.3) is 0 Å². The summed E-state index contributed by atoms with van der Waals surface area (Å²) in [6, 6.07) is 21.8. The minimum atomic E-state index is -0.487. The molecule has 2 aliphatic rings. The van der Waals surface area contributed by atoms with Gasteiger partial charge >= 0.3 is 0 Å². The summed E-state index contributed by atoms with van der Waals surface area (Å²) < 4.78 is 0.